The highest BCUT2D eigenvalue weighted by Crippen LogP contribution is 2.54. The summed E-state index contributed by atoms with van der Waals surface area (Å²) in [6, 6.07) is 6.93. The number of nitrogens with zero attached hydrogens (tertiary/aromatic N) is 3. The van der Waals surface area contributed by atoms with Gasteiger partial charge < -0.3 is 9.80 Å². The van der Waals surface area contributed by atoms with E-state index in [1.807, 2.05) is 4.90 Å². The zero-order valence-electron chi connectivity index (χ0n) is 25.0. The van der Waals surface area contributed by atoms with Gasteiger partial charge in [-0.25, -0.2) is 17.2 Å². The Morgan fingerprint density at radius 3 is 1.96 bits per heavy atom. The van der Waals surface area contributed by atoms with Gasteiger partial charge in [0.25, 0.3) is 0 Å². The maximum absolute atomic E-state index is 14.5. The Hall–Kier alpha value is -3.27. The molecule has 2 aromatic rings. The van der Waals surface area contributed by atoms with Gasteiger partial charge in [-0.2, -0.15) is 26.3 Å². The molecule has 2 aliphatic heterocycles. The average Bonchev–Trinajstić information content (AvgIpc) is 3.40. The molecule has 0 spiro atoms. The average molecular weight is 684 g/mol. The minimum atomic E-state index is -6.15. The number of carbonyl (C=O) groups excluding carboxylic acids is 2. The van der Waals surface area contributed by atoms with Crippen molar-refractivity contribution in [1.82, 2.24) is 14.7 Å². The quantitative estimate of drug-likeness (QED) is 0.335. The number of amides is 2. The number of piperazine rings is 1. The van der Waals surface area contributed by atoms with E-state index in [0.717, 1.165) is 24.5 Å². The van der Waals surface area contributed by atoms with Crippen LogP contribution in [0.15, 0.2) is 47.4 Å². The van der Waals surface area contributed by atoms with Crippen molar-refractivity contribution in [3.63, 3.8) is 0 Å². The minimum Gasteiger partial charge on any atom is -0.340 e. The molecular formula is C30H33F8N3O4S. The molecule has 1 aliphatic carbocycles. The lowest BCUT2D eigenvalue weighted by molar-refractivity contribution is -0.348. The molecule has 0 bridgehead atoms. The predicted octanol–water partition coefficient (Wildman–Crippen LogP) is 5.00. The zero-order valence-corrected chi connectivity index (χ0v) is 25.8. The molecule has 2 atom stereocenters. The molecule has 0 aromatic heterocycles. The molecule has 2 heterocycles. The van der Waals surface area contributed by atoms with Gasteiger partial charge in [0.05, 0.1) is 11.4 Å². The van der Waals surface area contributed by atoms with Gasteiger partial charge in [0.2, 0.25) is 11.8 Å². The minimum absolute atomic E-state index is 0.0159. The van der Waals surface area contributed by atoms with Crippen LogP contribution in [0.4, 0.5) is 35.1 Å². The maximum Gasteiger partial charge on any atom is 0.435 e. The predicted molar refractivity (Wildman–Crippen MR) is 151 cm³/mol. The summed E-state index contributed by atoms with van der Waals surface area (Å²) in [5.41, 5.74) is -6.09. The number of carbonyl (C=O) groups is 2. The largest absolute Gasteiger partial charge is 0.435 e. The van der Waals surface area contributed by atoms with Gasteiger partial charge in [0, 0.05) is 63.4 Å². The normalized spacial score (nSPS) is 20.8. The van der Waals surface area contributed by atoms with Crippen molar-refractivity contribution in [2.45, 2.75) is 61.1 Å². The Labute approximate surface area is 261 Å². The third-order valence-corrected chi connectivity index (χ3v) is 9.84. The third-order valence-electron chi connectivity index (χ3n) is 8.72. The second kappa shape index (κ2) is 13.1. The second-order valence-electron chi connectivity index (χ2n) is 11.7. The van der Waals surface area contributed by atoms with Crippen molar-refractivity contribution >= 4 is 21.7 Å². The van der Waals surface area contributed by atoms with Crippen molar-refractivity contribution < 1.29 is 53.1 Å². The standard InChI is InChI=1S/C23H26F7N3O2.C7H7FO2S/c1-14(34)32-10-8-31(9-11-32)13-20(35)33-7-6-18-17-4-3-16(12-15(17)2-5-19(18)33)21(24,22(25,26)27)23(28,29)30;1-11(9,10)7-4-2-6(8)3-5-7/h3-4,12,18-19H,2,5-11,13H2,1H3;2-5H,1H3. The SMILES string of the molecule is CC(=O)N1CCN(CC(=O)N2CCC3c4ccc(C(F)(C(F)(F)F)C(F)(F)F)cc4CCC32)CC1.CS(=O)(=O)c1ccc(F)cc1. The highest BCUT2D eigenvalue weighted by atomic mass is 32.2. The maximum atomic E-state index is 14.5. The van der Waals surface area contributed by atoms with Crippen LogP contribution < -0.4 is 0 Å². The van der Waals surface area contributed by atoms with E-state index in [4.69, 9.17) is 0 Å². The van der Waals surface area contributed by atoms with E-state index in [1.165, 1.54) is 19.1 Å². The van der Waals surface area contributed by atoms with E-state index in [2.05, 4.69) is 0 Å². The summed E-state index contributed by atoms with van der Waals surface area (Å²) in [5, 5.41) is 0. The topological polar surface area (TPSA) is 78.0 Å². The van der Waals surface area contributed by atoms with Gasteiger partial charge in [-0.3, -0.25) is 14.5 Å². The van der Waals surface area contributed by atoms with Crippen molar-refractivity contribution in [1.29, 1.82) is 0 Å². The fourth-order valence-corrected chi connectivity index (χ4v) is 6.89. The molecule has 3 aliphatic rings. The molecule has 0 saturated carbocycles. The number of sulfone groups is 1. The van der Waals surface area contributed by atoms with Crippen LogP contribution in [0.2, 0.25) is 0 Å². The van der Waals surface area contributed by atoms with Crippen LogP contribution in [0.25, 0.3) is 0 Å². The van der Waals surface area contributed by atoms with Crippen molar-refractivity contribution in [3.8, 4) is 0 Å². The molecule has 2 fully saturated rings. The van der Waals surface area contributed by atoms with Crippen LogP contribution in [-0.2, 0) is 31.5 Å². The van der Waals surface area contributed by atoms with Gasteiger partial charge in [-0.15, -0.1) is 0 Å². The lowest BCUT2D eigenvalue weighted by atomic mass is 9.77. The molecule has 46 heavy (non-hydrogen) atoms. The Balaban J connectivity index is 0.000000369. The summed E-state index contributed by atoms with van der Waals surface area (Å²) >= 11 is 0. The van der Waals surface area contributed by atoms with E-state index < -0.39 is 39.2 Å². The van der Waals surface area contributed by atoms with Crippen LogP contribution in [0.5, 0.6) is 0 Å². The highest BCUT2D eigenvalue weighted by Gasteiger charge is 2.73. The first-order chi connectivity index (χ1) is 21.2. The lowest BCUT2D eigenvalue weighted by Gasteiger charge is -2.37. The van der Waals surface area contributed by atoms with E-state index >= 15 is 0 Å². The summed E-state index contributed by atoms with van der Waals surface area (Å²) in [5.74, 6) is -0.766. The number of fused-ring (bicyclic) bond motifs is 3. The molecule has 2 unspecified atom stereocenters. The molecule has 2 amide bonds. The molecular weight excluding hydrogens is 650 g/mol. The number of alkyl halides is 7. The summed E-state index contributed by atoms with van der Waals surface area (Å²) in [6.07, 6.45) is -10.2. The molecule has 0 radical (unpaired) electrons. The number of halogens is 8. The van der Waals surface area contributed by atoms with Gasteiger partial charge >= 0.3 is 18.0 Å². The summed E-state index contributed by atoms with van der Waals surface area (Å²) in [6.45, 7) is 4.33. The van der Waals surface area contributed by atoms with Crippen LogP contribution in [0.1, 0.15) is 42.4 Å². The van der Waals surface area contributed by atoms with E-state index in [9.17, 15) is 53.1 Å². The number of hydrogen-bond donors (Lipinski definition) is 0. The molecule has 2 aromatic carbocycles. The first-order valence-corrected chi connectivity index (χ1v) is 16.3. The Morgan fingerprint density at radius 2 is 1.43 bits per heavy atom. The summed E-state index contributed by atoms with van der Waals surface area (Å²) < 4.78 is 127. The molecule has 254 valence electrons. The van der Waals surface area contributed by atoms with Crippen molar-refractivity contribution in [3.05, 3.63) is 65.0 Å². The first-order valence-electron chi connectivity index (χ1n) is 14.4. The van der Waals surface area contributed by atoms with Crippen molar-refractivity contribution in [2.75, 3.05) is 45.5 Å². The van der Waals surface area contributed by atoms with Gasteiger partial charge in [0.15, 0.2) is 9.84 Å². The van der Waals surface area contributed by atoms with Crippen LogP contribution in [0.3, 0.4) is 0 Å². The van der Waals surface area contributed by atoms with Gasteiger partial charge in [-0.1, -0.05) is 18.2 Å². The Bertz CT molecular complexity index is 1520. The molecule has 16 heteroatoms. The Morgan fingerprint density at radius 1 is 0.848 bits per heavy atom. The molecule has 5 rings (SSSR count). The van der Waals surface area contributed by atoms with Crippen LogP contribution >= 0.6 is 0 Å². The molecule has 7 nitrogen and oxygen atoms in total. The Kier molecular flexibility index (Phi) is 10.1. The number of hydrogen-bond acceptors (Lipinski definition) is 5. The van der Waals surface area contributed by atoms with Crippen LogP contribution in [-0.4, -0.2) is 98.9 Å². The van der Waals surface area contributed by atoms with Gasteiger partial charge in [-0.05, 0) is 54.7 Å². The smallest absolute Gasteiger partial charge is 0.340 e. The van der Waals surface area contributed by atoms with Gasteiger partial charge in [0.1, 0.15) is 5.82 Å². The fraction of sp³-hybridized carbons (Fsp3) is 0.533. The highest BCUT2D eigenvalue weighted by molar-refractivity contribution is 7.90. The first kappa shape index (κ1) is 35.6. The van der Waals surface area contributed by atoms with Crippen LogP contribution in [0, 0.1) is 5.82 Å². The number of benzene rings is 2. The van der Waals surface area contributed by atoms with E-state index in [1.54, 1.807) is 9.80 Å². The number of likely N-dealkylation sites (tertiary alicyclic amines) is 1. The number of rotatable bonds is 4. The second-order valence-corrected chi connectivity index (χ2v) is 13.7. The summed E-state index contributed by atoms with van der Waals surface area (Å²) in [4.78, 5) is 30.0. The molecule has 2 saturated heterocycles. The van der Waals surface area contributed by atoms with E-state index in [-0.39, 0.29) is 47.2 Å². The van der Waals surface area contributed by atoms with E-state index in [0.29, 0.717) is 63.3 Å². The van der Waals surface area contributed by atoms with Crippen molar-refractivity contribution in [2.24, 2.45) is 0 Å². The lowest BCUT2D eigenvalue weighted by Crippen LogP contribution is -2.52. The zero-order chi connectivity index (χ0) is 34.2. The summed E-state index contributed by atoms with van der Waals surface area (Å²) in [7, 11) is -3.19. The molecule has 0 N–H and O–H groups in total. The third kappa shape index (κ3) is 7.32. The fourth-order valence-electron chi connectivity index (χ4n) is 6.26. The monoisotopic (exact) mass is 683 g/mol. The number of aryl methyl sites for hydroxylation is 1.